The maximum absolute atomic E-state index is 12.8. The van der Waals surface area contributed by atoms with E-state index in [9.17, 15) is 4.79 Å². The van der Waals surface area contributed by atoms with Crippen molar-refractivity contribution >= 4 is 21.8 Å². The predicted molar refractivity (Wildman–Crippen MR) is 93.5 cm³/mol. The van der Waals surface area contributed by atoms with Crippen LogP contribution in [0.3, 0.4) is 0 Å². The molecule has 1 heterocycles. The molecule has 0 spiro atoms. The predicted octanol–water partition coefficient (Wildman–Crippen LogP) is 2.42. The van der Waals surface area contributed by atoms with Gasteiger partial charge in [-0.2, -0.15) is 0 Å². The van der Waals surface area contributed by atoms with Crippen molar-refractivity contribution in [1.82, 2.24) is 9.80 Å². The van der Waals surface area contributed by atoms with Crippen molar-refractivity contribution in [2.45, 2.75) is 25.8 Å². The minimum atomic E-state index is -0.966. The fourth-order valence-electron chi connectivity index (χ4n) is 2.98. The topological polar surface area (TPSA) is 49.6 Å². The Morgan fingerprint density at radius 1 is 1.45 bits per heavy atom. The Hall–Kier alpha value is -0.910. The standard InChI is InChI=1S/C17H26BrN3O/c1-4-20(3)11-13-9-10-21(12-13)16(22)17(2,19)14-5-7-15(18)8-6-14/h5-8,13H,4,9-12,19H2,1-3H3. The summed E-state index contributed by atoms with van der Waals surface area (Å²) in [5.41, 5.74) is 6.26. The third-order valence-electron chi connectivity index (χ3n) is 4.57. The van der Waals surface area contributed by atoms with E-state index in [0.717, 1.165) is 42.6 Å². The maximum Gasteiger partial charge on any atom is 0.246 e. The Labute approximate surface area is 141 Å². The quantitative estimate of drug-likeness (QED) is 0.869. The minimum absolute atomic E-state index is 0.0245. The van der Waals surface area contributed by atoms with Gasteiger partial charge in [0.2, 0.25) is 5.91 Å². The molecule has 0 aliphatic carbocycles. The smallest absolute Gasteiger partial charge is 0.246 e. The monoisotopic (exact) mass is 367 g/mol. The lowest BCUT2D eigenvalue weighted by atomic mass is 9.92. The van der Waals surface area contributed by atoms with Gasteiger partial charge >= 0.3 is 0 Å². The molecular formula is C17H26BrN3O. The molecule has 0 aromatic heterocycles. The summed E-state index contributed by atoms with van der Waals surface area (Å²) in [7, 11) is 2.12. The zero-order valence-electron chi connectivity index (χ0n) is 13.7. The van der Waals surface area contributed by atoms with Gasteiger partial charge in [-0.05, 0) is 50.6 Å². The summed E-state index contributed by atoms with van der Waals surface area (Å²) in [6, 6.07) is 7.69. The second kappa shape index (κ2) is 7.11. The van der Waals surface area contributed by atoms with E-state index in [4.69, 9.17) is 5.73 Å². The summed E-state index contributed by atoms with van der Waals surface area (Å²) in [5.74, 6) is 0.575. The molecule has 2 rings (SSSR count). The number of hydrogen-bond donors (Lipinski definition) is 1. The van der Waals surface area contributed by atoms with Crippen LogP contribution in [0.1, 0.15) is 25.8 Å². The van der Waals surface area contributed by atoms with Crippen molar-refractivity contribution in [3.63, 3.8) is 0 Å². The molecule has 2 N–H and O–H groups in total. The fourth-order valence-corrected chi connectivity index (χ4v) is 3.25. The van der Waals surface area contributed by atoms with Crippen LogP contribution in [0.5, 0.6) is 0 Å². The van der Waals surface area contributed by atoms with Gasteiger partial charge in [-0.15, -0.1) is 0 Å². The number of rotatable bonds is 5. The third kappa shape index (κ3) is 3.89. The molecule has 1 aromatic carbocycles. The summed E-state index contributed by atoms with van der Waals surface area (Å²) in [6.45, 7) is 7.67. The first-order valence-electron chi connectivity index (χ1n) is 7.87. The molecule has 1 aromatic rings. The van der Waals surface area contributed by atoms with Gasteiger partial charge in [0.15, 0.2) is 0 Å². The van der Waals surface area contributed by atoms with Crippen LogP contribution in [-0.2, 0) is 10.3 Å². The molecule has 4 nitrogen and oxygen atoms in total. The van der Waals surface area contributed by atoms with Crippen LogP contribution >= 0.6 is 15.9 Å². The van der Waals surface area contributed by atoms with Gasteiger partial charge in [-0.1, -0.05) is 35.0 Å². The van der Waals surface area contributed by atoms with E-state index in [1.54, 1.807) is 0 Å². The average molecular weight is 368 g/mol. The third-order valence-corrected chi connectivity index (χ3v) is 5.10. The Bertz CT molecular complexity index is 515. The number of nitrogens with two attached hydrogens (primary N) is 1. The Morgan fingerprint density at radius 3 is 2.68 bits per heavy atom. The average Bonchev–Trinajstić information content (AvgIpc) is 2.95. The molecule has 1 amide bonds. The molecule has 1 saturated heterocycles. The summed E-state index contributed by atoms with van der Waals surface area (Å²) >= 11 is 3.41. The summed E-state index contributed by atoms with van der Waals surface area (Å²) in [4.78, 5) is 17.1. The number of hydrogen-bond acceptors (Lipinski definition) is 3. The van der Waals surface area contributed by atoms with Crippen LogP contribution in [0.25, 0.3) is 0 Å². The van der Waals surface area contributed by atoms with Gasteiger partial charge < -0.3 is 15.5 Å². The highest BCUT2D eigenvalue weighted by atomic mass is 79.9. The van der Waals surface area contributed by atoms with E-state index in [0.29, 0.717) is 5.92 Å². The molecular weight excluding hydrogens is 342 g/mol. The SMILES string of the molecule is CCN(C)CC1CCN(C(=O)C(C)(N)c2ccc(Br)cc2)C1. The second-order valence-corrected chi connectivity index (χ2v) is 7.39. The number of amides is 1. The molecule has 0 bridgehead atoms. The fraction of sp³-hybridized carbons (Fsp3) is 0.588. The highest BCUT2D eigenvalue weighted by Gasteiger charge is 2.37. The van der Waals surface area contributed by atoms with Crippen molar-refractivity contribution in [2.24, 2.45) is 11.7 Å². The van der Waals surface area contributed by atoms with Crippen LogP contribution in [0.4, 0.5) is 0 Å². The number of carbonyl (C=O) groups excluding carboxylic acids is 1. The van der Waals surface area contributed by atoms with Gasteiger partial charge in [-0.25, -0.2) is 0 Å². The molecule has 0 radical (unpaired) electrons. The van der Waals surface area contributed by atoms with Crippen LogP contribution in [0.2, 0.25) is 0 Å². The normalized spacial score (nSPS) is 21.2. The Balaban J connectivity index is 2.03. The lowest BCUT2D eigenvalue weighted by molar-refractivity contribution is -0.135. The molecule has 2 atom stereocenters. The summed E-state index contributed by atoms with van der Waals surface area (Å²) < 4.78 is 0.989. The van der Waals surface area contributed by atoms with Gasteiger partial charge in [0.1, 0.15) is 5.54 Å². The lowest BCUT2D eigenvalue weighted by Crippen LogP contribution is -2.50. The van der Waals surface area contributed by atoms with E-state index >= 15 is 0 Å². The van der Waals surface area contributed by atoms with Crippen LogP contribution < -0.4 is 5.73 Å². The van der Waals surface area contributed by atoms with Crippen molar-refractivity contribution in [3.8, 4) is 0 Å². The molecule has 5 heteroatoms. The van der Waals surface area contributed by atoms with E-state index in [-0.39, 0.29) is 5.91 Å². The van der Waals surface area contributed by atoms with Crippen LogP contribution in [0, 0.1) is 5.92 Å². The zero-order chi connectivity index (χ0) is 16.3. The molecule has 0 saturated carbocycles. The molecule has 1 fully saturated rings. The van der Waals surface area contributed by atoms with Crippen molar-refractivity contribution in [2.75, 3.05) is 33.2 Å². The summed E-state index contributed by atoms with van der Waals surface area (Å²) in [5, 5.41) is 0. The van der Waals surface area contributed by atoms with E-state index in [1.807, 2.05) is 36.1 Å². The highest BCUT2D eigenvalue weighted by Crippen LogP contribution is 2.26. The van der Waals surface area contributed by atoms with E-state index in [1.165, 1.54) is 0 Å². The Kier molecular flexibility index (Phi) is 5.64. The molecule has 22 heavy (non-hydrogen) atoms. The maximum atomic E-state index is 12.8. The number of halogens is 1. The second-order valence-electron chi connectivity index (χ2n) is 6.47. The molecule has 1 aliphatic heterocycles. The molecule has 2 unspecified atom stereocenters. The first-order chi connectivity index (χ1) is 10.3. The molecule has 122 valence electrons. The Morgan fingerprint density at radius 2 is 2.09 bits per heavy atom. The highest BCUT2D eigenvalue weighted by molar-refractivity contribution is 9.10. The first kappa shape index (κ1) is 17.4. The van der Waals surface area contributed by atoms with E-state index < -0.39 is 5.54 Å². The number of likely N-dealkylation sites (tertiary alicyclic amines) is 1. The number of nitrogens with zero attached hydrogens (tertiary/aromatic N) is 2. The molecule has 1 aliphatic rings. The van der Waals surface area contributed by atoms with Crippen LogP contribution in [0.15, 0.2) is 28.7 Å². The largest absolute Gasteiger partial charge is 0.340 e. The van der Waals surface area contributed by atoms with Gasteiger partial charge in [0.05, 0.1) is 0 Å². The van der Waals surface area contributed by atoms with Gasteiger partial charge in [0, 0.05) is 24.1 Å². The lowest BCUT2D eigenvalue weighted by Gasteiger charge is -2.30. The van der Waals surface area contributed by atoms with Crippen molar-refractivity contribution in [3.05, 3.63) is 34.3 Å². The summed E-state index contributed by atoms with van der Waals surface area (Å²) in [6.07, 6.45) is 1.06. The van der Waals surface area contributed by atoms with Crippen molar-refractivity contribution < 1.29 is 4.79 Å². The van der Waals surface area contributed by atoms with Gasteiger partial charge in [-0.3, -0.25) is 4.79 Å². The van der Waals surface area contributed by atoms with E-state index in [2.05, 4.69) is 34.8 Å². The van der Waals surface area contributed by atoms with Crippen molar-refractivity contribution in [1.29, 1.82) is 0 Å². The number of carbonyl (C=O) groups is 1. The first-order valence-corrected chi connectivity index (χ1v) is 8.66. The minimum Gasteiger partial charge on any atom is -0.340 e. The zero-order valence-corrected chi connectivity index (χ0v) is 15.3. The number of benzene rings is 1. The van der Waals surface area contributed by atoms with Gasteiger partial charge in [0.25, 0.3) is 0 Å². The van der Waals surface area contributed by atoms with Crippen LogP contribution in [-0.4, -0.2) is 48.9 Å².